The van der Waals surface area contributed by atoms with Crippen molar-refractivity contribution in [1.29, 1.82) is 0 Å². The zero-order valence-electron chi connectivity index (χ0n) is 12.4. The molecule has 3 aromatic rings. The zero-order chi connectivity index (χ0) is 15.9. The Morgan fingerprint density at radius 3 is 2.68 bits per heavy atom. The molecule has 0 saturated carbocycles. The van der Waals surface area contributed by atoms with Crippen molar-refractivity contribution in [2.45, 2.75) is 26.2 Å². The molecule has 0 aliphatic carbocycles. The molecule has 5 nitrogen and oxygen atoms in total. The van der Waals surface area contributed by atoms with Crippen LogP contribution in [0.2, 0.25) is 0 Å². The third kappa shape index (κ3) is 2.92. The molecule has 0 aliphatic rings. The fourth-order valence-corrected chi connectivity index (χ4v) is 2.37. The lowest BCUT2D eigenvalue weighted by Gasteiger charge is -2.11. The Labute approximate surface area is 135 Å². The lowest BCUT2D eigenvalue weighted by molar-refractivity contribution is 0.0998. The van der Waals surface area contributed by atoms with Crippen LogP contribution in [0.1, 0.15) is 37.1 Å². The van der Waals surface area contributed by atoms with Crippen molar-refractivity contribution in [3.63, 3.8) is 0 Å². The van der Waals surface area contributed by atoms with Gasteiger partial charge in [0.15, 0.2) is 11.6 Å². The van der Waals surface area contributed by atoms with Crippen LogP contribution in [-0.4, -0.2) is 11.1 Å². The molecule has 6 heteroatoms. The number of hydrogen-bond donors (Lipinski definition) is 1. The maximum absolute atomic E-state index is 12.2. The van der Waals surface area contributed by atoms with Crippen LogP contribution >= 0.6 is 15.9 Å². The van der Waals surface area contributed by atoms with Crippen molar-refractivity contribution >= 4 is 38.6 Å². The SMILES string of the molecule is CC(C)(C)c1cc(NC(=O)c2cc3cc(Br)ccc3o2)no1. The Morgan fingerprint density at radius 1 is 1.23 bits per heavy atom. The van der Waals surface area contributed by atoms with Crippen LogP contribution in [0.4, 0.5) is 5.82 Å². The highest BCUT2D eigenvalue weighted by atomic mass is 79.9. The van der Waals surface area contributed by atoms with E-state index >= 15 is 0 Å². The third-order valence-electron chi connectivity index (χ3n) is 3.19. The number of hydrogen-bond acceptors (Lipinski definition) is 4. The fourth-order valence-electron chi connectivity index (χ4n) is 1.99. The summed E-state index contributed by atoms with van der Waals surface area (Å²) in [5.74, 6) is 0.947. The second kappa shape index (κ2) is 5.28. The predicted octanol–water partition coefficient (Wildman–Crippen LogP) is 4.73. The van der Waals surface area contributed by atoms with Crippen LogP contribution in [0.15, 0.2) is 43.7 Å². The van der Waals surface area contributed by atoms with Crippen molar-refractivity contribution in [3.05, 3.63) is 46.3 Å². The smallest absolute Gasteiger partial charge is 0.292 e. The standard InChI is InChI=1S/C16H15BrN2O3/c1-16(2,3)13-8-14(19-22-13)18-15(20)12-7-9-6-10(17)4-5-11(9)21-12/h4-8H,1-3H3,(H,18,19,20). The molecule has 2 aromatic heterocycles. The summed E-state index contributed by atoms with van der Waals surface area (Å²) in [5.41, 5.74) is 0.491. The molecule has 0 radical (unpaired) electrons. The number of nitrogens with zero attached hydrogens (tertiary/aromatic N) is 1. The van der Waals surface area contributed by atoms with Gasteiger partial charge in [-0.15, -0.1) is 0 Å². The predicted molar refractivity (Wildman–Crippen MR) is 87.1 cm³/mol. The summed E-state index contributed by atoms with van der Waals surface area (Å²) in [6, 6.07) is 8.98. The molecule has 22 heavy (non-hydrogen) atoms. The van der Waals surface area contributed by atoms with Gasteiger partial charge in [-0.25, -0.2) is 0 Å². The summed E-state index contributed by atoms with van der Waals surface area (Å²) in [6.07, 6.45) is 0. The second-order valence-electron chi connectivity index (χ2n) is 6.07. The van der Waals surface area contributed by atoms with Crippen LogP contribution in [0.5, 0.6) is 0 Å². The minimum Gasteiger partial charge on any atom is -0.451 e. The van der Waals surface area contributed by atoms with E-state index in [9.17, 15) is 4.79 Å². The molecule has 0 fully saturated rings. The molecular formula is C16H15BrN2O3. The summed E-state index contributed by atoms with van der Waals surface area (Å²) in [5, 5.41) is 7.39. The molecule has 1 N–H and O–H groups in total. The average molecular weight is 363 g/mol. The number of carbonyl (C=O) groups excluding carboxylic acids is 1. The van der Waals surface area contributed by atoms with Crippen molar-refractivity contribution in [3.8, 4) is 0 Å². The van der Waals surface area contributed by atoms with Gasteiger partial charge < -0.3 is 14.3 Å². The van der Waals surface area contributed by atoms with Crippen LogP contribution in [0, 0.1) is 0 Å². The normalized spacial score (nSPS) is 11.8. The Balaban J connectivity index is 1.82. The lowest BCUT2D eigenvalue weighted by atomic mass is 9.93. The molecular weight excluding hydrogens is 348 g/mol. The maximum atomic E-state index is 12.2. The first-order valence-corrected chi connectivity index (χ1v) is 7.60. The fraction of sp³-hybridized carbons (Fsp3) is 0.250. The van der Waals surface area contributed by atoms with E-state index < -0.39 is 0 Å². The van der Waals surface area contributed by atoms with E-state index in [1.165, 1.54) is 0 Å². The molecule has 0 bridgehead atoms. The van der Waals surface area contributed by atoms with Gasteiger partial charge >= 0.3 is 0 Å². The van der Waals surface area contributed by atoms with Crippen LogP contribution in [-0.2, 0) is 5.41 Å². The molecule has 1 amide bonds. The number of nitrogens with one attached hydrogen (secondary N) is 1. The Kier molecular flexibility index (Phi) is 3.56. The van der Waals surface area contributed by atoms with Crippen molar-refractivity contribution in [2.75, 3.05) is 5.32 Å². The van der Waals surface area contributed by atoms with Gasteiger partial charge in [-0.1, -0.05) is 41.9 Å². The van der Waals surface area contributed by atoms with Gasteiger partial charge in [0.05, 0.1) is 0 Å². The van der Waals surface area contributed by atoms with E-state index in [2.05, 4.69) is 26.4 Å². The summed E-state index contributed by atoms with van der Waals surface area (Å²) < 4.78 is 11.7. The monoisotopic (exact) mass is 362 g/mol. The number of carbonyl (C=O) groups is 1. The molecule has 0 unspecified atom stereocenters. The van der Waals surface area contributed by atoms with Crippen molar-refractivity contribution in [2.24, 2.45) is 0 Å². The van der Waals surface area contributed by atoms with Gasteiger partial charge in [0, 0.05) is 21.3 Å². The summed E-state index contributed by atoms with van der Waals surface area (Å²) in [7, 11) is 0. The zero-order valence-corrected chi connectivity index (χ0v) is 14.0. The molecule has 0 aliphatic heterocycles. The molecule has 3 rings (SSSR count). The summed E-state index contributed by atoms with van der Waals surface area (Å²) in [4.78, 5) is 12.2. The van der Waals surface area contributed by atoms with Gasteiger partial charge in [-0.05, 0) is 24.3 Å². The van der Waals surface area contributed by atoms with Gasteiger partial charge in [0.1, 0.15) is 11.3 Å². The lowest BCUT2D eigenvalue weighted by Crippen LogP contribution is -2.11. The first kappa shape index (κ1) is 14.8. The van der Waals surface area contributed by atoms with E-state index in [4.69, 9.17) is 8.94 Å². The molecule has 0 atom stereocenters. The summed E-state index contributed by atoms with van der Waals surface area (Å²) in [6.45, 7) is 6.03. The van der Waals surface area contributed by atoms with E-state index in [0.29, 0.717) is 17.2 Å². The number of fused-ring (bicyclic) bond motifs is 1. The highest BCUT2D eigenvalue weighted by Crippen LogP contribution is 2.26. The molecule has 114 valence electrons. The average Bonchev–Trinajstić information content (AvgIpc) is 3.03. The number of aromatic nitrogens is 1. The van der Waals surface area contributed by atoms with Crippen molar-refractivity contribution in [1.82, 2.24) is 5.16 Å². The molecule has 1 aromatic carbocycles. The van der Waals surface area contributed by atoms with Gasteiger partial charge in [0.2, 0.25) is 0 Å². The van der Waals surface area contributed by atoms with E-state index in [-0.39, 0.29) is 17.1 Å². The third-order valence-corrected chi connectivity index (χ3v) is 3.69. The second-order valence-corrected chi connectivity index (χ2v) is 6.99. The van der Waals surface area contributed by atoms with E-state index in [1.54, 1.807) is 12.1 Å². The largest absolute Gasteiger partial charge is 0.451 e. The van der Waals surface area contributed by atoms with Crippen LogP contribution in [0.25, 0.3) is 11.0 Å². The molecule has 0 spiro atoms. The van der Waals surface area contributed by atoms with Crippen LogP contribution < -0.4 is 5.32 Å². The Morgan fingerprint density at radius 2 is 2.00 bits per heavy atom. The number of benzene rings is 1. The van der Waals surface area contributed by atoms with E-state index in [1.807, 2.05) is 39.0 Å². The molecule has 0 saturated heterocycles. The van der Waals surface area contributed by atoms with Crippen molar-refractivity contribution < 1.29 is 13.7 Å². The number of halogens is 1. The minimum absolute atomic E-state index is 0.165. The first-order chi connectivity index (χ1) is 10.3. The highest BCUT2D eigenvalue weighted by molar-refractivity contribution is 9.10. The Bertz CT molecular complexity index is 843. The Hall–Kier alpha value is -2.08. The van der Waals surface area contributed by atoms with Gasteiger partial charge in [-0.2, -0.15) is 0 Å². The number of amides is 1. The van der Waals surface area contributed by atoms with E-state index in [0.717, 1.165) is 9.86 Å². The highest BCUT2D eigenvalue weighted by Gasteiger charge is 2.21. The van der Waals surface area contributed by atoms with Gasteiger partial charge in [0.25, 0.3) is 5.91 Å². The van der Waals surface area contributed by atoms with Crippen LogP contribution in [0.3, 0.4) is 0 Å². The topological polar surface area (TPSA) is 68.3 Å². The minimum atomic E-state index is -0.360. The summed E-state index contributed by atoms with van der Waals surface area (Å²) >= 11 is 3.39. The van der Waals surface area contributed by atoms with Gasteiger partial charge in [-0.3, -0.25) is 4.79 Å². The number of anilines is 1. The quantitative estimate of drug-likeness (QED) is 0.715. The maximum Gasteiger partial charge on any atom is 0.292 e. The number of rotatable bonds is 2. The molecule has 2 heterocycles. The first-order valence-electron chi connectivity index (χ1n) is 6.80. The number of furan rings is 1.